The minimum absolute atomic E-state index is 0. The molecular weight excluding hydrogens is 242 g/mol. The van der Waals surface area contributed by atoms with Crippen LogP contribution >= 0.6 is 12.4 Å². The summed E-state index contributed by atoms with van der Waals surface area (Å²) in [7, 11) is 0. The predicted octanol–water partition coefficient (Wildman–Crippen LogP) is 5.97. The van der Waals surface area contributed by atoms with E-state index in [1.54, 1.807) is 0 Å². The number of halogens is 1. The maximum atomic E-state index is 5.74. The second-order valence-corrected chi connectivity index (χ2v) is 5.40. The fourth-order valence-corrected chi connectivity index (χ4v) is 2.07. The largest absolute Gasteiger partial charge is 0.402 e. The van der Waals surface area contributed by atoms with Gasteiger partial charge in [0.25, 0.3) is 0 Å². The maximum absolute atomic E-state index is 5.74. The van der Waals surface area contributed by atoms with Gasteiger partial charge in [0, 0.05) is 5.70 Å². The average Bonchev–Trinajstić information content (AvgIpc) is 2.31. The first-order valence-electron chi connectivity index (χ1n) is 7.60. The highest BCUT2D eigenvalue weighted by atomic mass is 35.5. The van der Waals surface area contributed by atoms with Gasteiger partial charge in [0.2, 0.25) is 0 Å². The van der Waals surface area contributed by atoms with Crippen LogP contribution in [0.3, 0.4) is 0 Å². The summed E-state index contributed by atoms with van der Waals surface area (Å²) < 4.78 is 0. The Hall–Kier alpha value is -0.170. The van der Waals surface area contributed by atoms with E-state index in [1.165, 1.54) is 76.2 Å². The van der Waals surface area contributed by atoms with Crippen molar-refractivity contribution in [3.8, 4) is 0 Å². The van der Waals surface area contributed by atoms with Crippen LogP contribution in [0.15, 0.2) is 11.3 Å². The topological polar surface area (TPSA) is 26.0 Å². The smallest absolute Gasteiger partial charge is 0.00379 e. The third-order valence-corrected chi connectivity index (χ3v) is 3.58. The molecule has 0 aromatic rings. The zero-order chi connectivity index (χ0) is 12.9. The van der Waals surface area contributed by atoms with E-state index in [2.05, 4.69) is 13.8 Å². The van der Waals surface area contributed by atoms with Crippen molar-refractivity contribution in [2.45, 2.75) is 91.4 Å². The molecule has 0 aromatic carbocycles. The Morgan fingerprint density at radius 1 is 0.722 bits per heavy atom. The lowest BCUT2D eigenvalue weighted by atomic mass is 10.0. The predicted molar refractivity (Wildman–Crippen MR) is 86.3 cm³/mol. The number of rotatable bonds is 11. The first-order valence-corrected chi connectivity index (χ1v) is 7.60. The normalized spacial score (nSPS) is 11.9. The van der Waals surface area contributed by atoms with Gasteiger partial charge in [0.15, 0.2) is 0 Å². The van der Waals surface area contributed by atoms with E-state index in [9.17, 15) is 0 Å². The molecule has 110 valence electrons. The molecule has 1 nitrogen and oxygen atoms in total. The Labute approximate surface area is 121 Å². The lowest BCUT2D eigenvalue weighted by molar-refractivity contribution is 0.555. The number of hydrogen-bond acceptors (Lipinski definition) is 1. The number of hydrogen-bond donors (Lipinski definition) is 1. The van der Waals surface area contributed by atoms with Crippen LogP contribution in [0.4, 0.5) is 0 Å². The fourth-order valence-electron chi connectivity index (χ4n) is 2.07. The Kier molecular flexibility index (Phi) is 16.7. The molecule has 0 saturated heterocycles. The third-order valence-electron chi connectivity index (χ3n) is 3.58. The zero-order valence-electron chi connectivity index (χ0n) is 12.8. The minimum Gasteiger partial charge on any atom is -0.402 e. The van der Waals surface area contributed by atoms with Crippen molar-refractivity contribution in [3.63, 3.8) is 0 Å². The summed E-state index contributed by atoms with van der Waals surface area (Å²) in [6, 6.07) is 0. The zero-order valence-corrected chi connectivity index (χ0v) is 13.6. The molecule has 0 fully saturated rings. The Morgan fingerprint density at radius 3 is 1.50 bits per heavy atom. The molecule has 0 bridgehead atoms. The number of allylic oxidation sites excluding steroid dienone is 2. The van der Waals surface area contributed by atoms with E-state index in [0.29, 0.717) is 0 Å². The Balaban J connectivity index is 0. The summed E-state index contributed by atoms with van der Waals surface area (Å²) in [5.74, 6) is 0. The summed E-state index contributed by atoms with van der Waals surface area (Å²) in [6.07, 6.45) is 15.3. The van der Waals surface area contributed by atoms with Crippen LogP contribution in [0.25, 0.3) is 0 Å². The van der Waals surface area contributed by atoms with Crippen molar-refractivity contribution in [1.29, 1.82) is 0 Å². The van der Waals surface area contributed by atoms with Gasteiger partial charge < -0.3 is 5.73 Å². The first-order chi connectivity index (χ1) is 8.18. The lowest BCUT2D eigenvalue weighted by Crippen LogP contribution is -1.95. The highest BCUT2D eigenvalue weighted by Crippen LogP contribution is 2.14. The third kappa shape index (κ3) is 13.9. The molecule has 0 radical (unpaired) electrons. The molecule has 0 aliphatic rings. The molecule has 0 unspecified atom stereocenters. The van der Waals surface area contributed by atoms with Crippen molar-refractivity contribution >= 4 is 12.4 Å². The molecule has 0 aliphatic heterocycles. The summed E-state index contributed by atoms with van der Waals surface area (Å²) in [4.78, 5) is 0. The molecule has 0 heterocycles. The van der Waals surface area contributed by atoms with Crippen LogP contribution in [-0.4, -0.2) is 0 Å². The maximum Gasteiger partial charge on any atom is 0.00379 e. The highest BCUT2D eigenvalue weighted by Gasteiger charge is 1.95. The molecular formula is C16H34ClN. The van der Waals surface area contributed by atoms with E-state index in [4.69, 9.17) is 5.73 Å². The molecule has 0 amide bonds. The average molecular weight is 276 g/mol. The molecule has 2 N–H and O–H groups in total. The fraction of sp³-hybridized carbons (Fsp3) is 0.875. The highest BCUT2D eigenvalue weighted by molar-refractivity contribution is 5.85. The van der Waals surface area contributed by atoms with E-state index in [-0.39, 0.29) is 12.4 Å². The quantitative estimate of drug-likeness (QED) is 0.462. The standard InChI is InChI=1S/C16H33N.ClH/c1-4-5-6-7-8-9-10-11-12-13-14-15(2)16(3)17;/h4-14,17H2,1-3H3;1H. The van der Waals surface area contributed by atoms with Crippen molar-refractivity contribution < 1.29 is 0 Å². The summed E-state index contributed by atoms with van der Waals surface area (Å²) in [5, 5.41) is 0. The molecule has 0 atom stereocenters. The Morgan fingerprint density at radius 2 is 1.11 bits per heavy atom. The molecule has 0 saturated carbocycles. The van der Waals surface area contributed by atoms with E-state index in [0.717, 1.165) is 5.70 Å². The van der Waals surface area contributed by atoms with E-state index >= 15 is 0 Å². The summed E-state index contributed by atoms with van der Waals surface area (Å²) in [6.45, 7) is 6.44. The van der Waals surface area contributed by atoms with Crippen LogP contribution in [0.2, 0.25) is 0 Å². The SMILES string of the molecule is CCCCCCCCCCCCC(C)=C(C)N.Cl. The van der Waals surface area contributed by atoms with Crippen LogP contribution < -0.4 is 5.73 Å². The van der Waals surface area contributed by atoms with Gasteiger partial charge in [-0.25, -0.2) is 0 Å². The van der Waals surface area contributed by atoms with Crippen molar-refractivity contribution in [2.75, 3.05) is 0 Å². The molecule has 18 heavy (non-hydrogen) atoms. The molecule has 0 aliphatic carbocycles. The first kappa shape index (κ1) is 20.2. The molecule has 2 heteroatoms. The second kappa shape index (κ2) is 14.9. The summed E-state index contributed by atoms with van der Waals surface area (Å²) >= 11 is 0. The number of unbranched alkanes of at least 4 members (excludes halogenated alkanes) is 9. The van der Waals surface area contributed by atoms with Crippen LogP contribution in [0.5, 0.6) is 0 Å². The van der Waals surface area contributed by atoms with Gasteiger partial charge in [0.1, 0.15) is 0 Å². The van der Waals surface area contributed by atoms with Crippen molar-refractivity contribution in [1.82, 2.24) is 0 Å². The summed E-state index contributed by atoms with van der Waals surface area (Å²) in [5.41, 5.74) is 8.13. The van der Waals surface area contributed by atoms with Gasteiger partial charge in [-0.3, -0.25) is 0 Å². The monoisotopic (exact) mass is 275 g/mol. The lowest BCUT2D eigenvalue weighted by Gasteiger charge is -2.04. The van der Waals surface area contributed by atoms with Gasteiger partial charge in [0.05, 0.1) is 0 Å². The van der Waals surface area contributed by atoms with Gasteiger partial charge in [-0.05, 0) is 26.7 Å². The van der Waals surface area contributed by atoms with Gasteiger partial charge in [-0.1, -0.05) is 70.3 Å². The van der Waals surface area contributed by atoms with Crippen LogP contribution in [-0.2, 0) is 0 Å². The minimum atomic E-state index is 0. The van der Waals surface area contributed by atoms with E-state index in [1.807, 2.05) is 6.92 Å². The van der Waals surface area contributed by atoms with Crippen LogP contribution in [0, 0.1) is 0 Å². The number of nitrogens with two attached hydrogens (primary N) is 1. The van der Waals surface area contributed by atoms with Crippen molar-refractivity contribution in [2.24, 2.45) is 5.73 Å². The van der Waals surface area contributed by atoms with Gasteiger partial charge in [-0.2, -0.15) is 0 Å². The van der Waals surface area contributed by atoms with Gasteiger partial charge >= 0.3 is 0 Å². The molecule has 0 aromatic heterocycles. The van der Waals surface area contributed by atoms with Gasteiger partial charge in [-0.15, -0.1) is 12.4 Å². The van der Waals surface area contributed by atoms with Crippen molar-refractivity contribution in [3.05, 3.63) is 11.3 Å². The van der Waals surface area contributed by atoms with Crippen LogP contribution in [0.1, 0.15) is 91.4 Å². The second-order valence-electron chi connectivity index (χ2n) is 5.40. The molecule has 0 spiro atoms. The Bertz CT molecular complexity index is 195. The van der Waals surface area contributed by atoms with E-state index < -0.39 is 0 Å². The molecule has 0 rings (SSSR count).